The van der Waals surface area contributed by atoms with Crippen LogP contribution in [-0.4, -0.2) is 0 Å². The average molecular weight is 360 g/mol. The Labute approximate surface area is 160 Å². The molecule has 138 valence electrons. The molecular formula is C24H24O3. The molecule has 0 spiro atoms. The van der Waals surface area contributed by atoms with E-state index in [4.69, 9.17) is 14.2 Å². The molecule has 3 nitrogen and oxygen atoms in total. The molecule has 0 unspecified atom stereocenters. The van der Waals surface area contributed by atoms with E-state index in [1.165, 1.54) is 5.57 Å². The summed E-state index contributed by atoms with van der Waals surface area (Å²) in [5.74, 6) is 4.29. The van der Waals surface area contributed by atoms with Gasteiger partial charge in [-0.05, 0) is 38.0 Å². The Hall–Kier alpha value is -2.94. The lowest BCUT2D eigenvalue weighted by Crippen LogP contribution is -2.15. The molecule has 4 rings (SSSR count). The third-order valence-electron chi connectivity index (χ3n) is 4.82. The summed E-state index contributed by atoms with van der Waals surface area (Å²) in [5.41, 5.74) is 4.62. The van der Waals surface area contributed by atoms with Crippen molar-refractivity contribution in [3.8, 4) is 11.5 Å². The molecule has 0 aliphatic carbocycles. The van der Waals surface area contributed by atoms with E-state index in [9.17, 15) is 0 Å². The molecule has 1 aromatic rings. The Kier molecular flexibility index (Phi) is 4.76. The number of hydrogen-bond acceptors (Lipinski definition) is 3. The van der Waals surface area contributed by atoms with Gasteiger partial charge >= 0.3 is 0 Å². The number of allylic oxidation sites excluding steroid dienone is 9. The smallest absolute Gasteiger partial charge is 0.173 e. The largest absolute Gasteiger partial charge is 0.470 e. The summed E-state index contributed by atoms with van der Waals surface area (Å²) >= 11 is 0. The first-order valence-electron chi connectivity index (χ1n) is 9.47. The van der Waals surface area contributed by atoms with Gasteiger partial charge in [-0.2, -0.15) is 0 Å². The zero-order valence-electron chi connectivity index (χ0n) is 16.0. The molecule has 27 heavy (non-hydrogen) atoms. The van der Waals surface area contributed by atoms with Gasteiger partial charge in [-0.1, -0.05) is 37.3 Å². The first-order valence-corrected chi connectivity index (χ1v) is 9.47. The Morgan fingerprint density at radius 1 is 1.07 bits per heavy atom. The molecule has 0 N–H and O–H groups in total. The molecule has 0 saturated heterocycles. The summed E-state index contributed by atoms with van der Waals surface area (Å²) in [5, 5.41) is 0. The van der Waals surface area contributed by atoms with Crippen LogP contribution in [0.4, 0.5) is 0 Å². The van der Waals surface area contributed by atoms with Gasteiger partial charge in [0.1, 0.15) is 17.3 Å². The van der Waals surface area contributed by atoms with Gasteiger partial charge in [0.15, 0.2) is 11.5 Å². The fourth-order valence-corrected chi connectivity index (χ4v) is 3.54. The highest BCUT2D eigenvalue weighted by atomic mass is 16.5. The van der Waals surface area contributed by atoms with Gasteiger partial charge in [0.2, 0.25) is 0 Å². The highest BCUT2D eigenvalue weighted by Crippen LogP contribution is 2.46. The topological polar surface area (TPSA) is 27.7 Å². The van der Waals surface area contributed by atoms with Crippen molar-refractivity contribution in [2.24, 2.45) is 0 Å². The van der Waals surface area contributed by atoms with E-state index < -0.39 is 0 Å². The first-order chi connectivity index (χ1) is 13.2. The summed E-state index contributed by atoms with van der Waals surface area (Å²) in [6.07, 6.45) is 16.5. The third kappa shape index (κ3) is 3.37. The lowest BCUT2D eigenvalue weighted by Gasteiger charge is -2.28. The van der Waals surface area contributed by atoms with Crippen LogP contribution in [0.25, 0.3) is 0 Å². The minimum Gasteiger partial charge on any atom is -0.470 e. The monoisotopic (exact) mass is 360 g/mol. The normalized spacial score (nSPS) is 21.1. The van der Waals surface area contributed by atoms with E-state index in [-0.39, 0.29) is 0 Å². The van der Waals surface area contributed by atoms with E-state index in [0.717, 1.165) is 64.7 Å². The fraction of sp³-hybridized carbons (Fsp3) is 0.250. The van der Waals surface area contributed by atoms with Gasteiger partial charge in [-0.3, -0.25) is 0 Å². The van der Waals surface area contributed by atoms with Crippen LogP contribution >= 0.6 is 0 Å². The van der Waals surface area contributed by atoms with Gasteiger partial charge in [-0.25, -0.2) is 0 Å². The quantitative estimate of drug-likeness (QED) is 0.642. The van der Waals surface area contributed by atoms with Gasteiger partial charge in [0, 0.05) is 35.6 Å². The van der Waals surface area contributed by atoms with E-state index in [0.29, 0.717) is 0 Å². The Morgan fingerprint density at radius 2 is 1.85 bits per heavy atom. The maximum absolute atomic E-state index is 6.35. The maximum Gasteiger partial charge on any atom is 0.173 e. The van der Waals surface area contributed by atoms with E-state index >= 15 is 0 Å². The van der Waals surface area contributed by atoms with Crippen LogP contribution in [0.5, 0.6) is 11.5 Å². The van der Waals surface area contributed by atoms with Gasteiger partial charge in [-0.15, -0.1) is 0 Å². The fourth-order valence-electron chi connectivity index (χ4n) is 3.54. The molecule has 0 bridgehead atoms. The first kappa shape index (κ1) is 17.5. The van der Waals surface area contributed by atoms with Gasteiger partial charge in [0.05, 0.1) is 6.26 Å². The van der Waals surface area contributed by atoms with Gasteiger partial charge in [0.25, 0.3) is 0 Å². The predicted molar refractivity (Wildman–Crippen MR) is 107 cm³/mol. The van der Waals surface area contributed by atoms with Crippen LogP contribution in [0.3, 0.4) is 0 Å². The molecule has 0 radical (unpaired) electrons. The molecule has 3 heteroatoms. The van der Waals surface area contributed by atoms with E-state index in [1.54, 1.807) is 6.26 Å². The summed E-state index contributed by atoms with van der Waals surface area (Å²) in [7, 11) is 0. The zero-order chi connectivity index (χ0) is 18.8. The standard InChI is InChI=1S/C24H24O3/c1-4-6-8-17-14-18-9-10-19-15-20-13-16(3)25-12-11-22(20)27-24(19)23(18)26-21(17)7-5-2/h4,6-13H,5,14-15H2,1-3H3/b6-4-,17-8-,21-7+. The molecule has 0 atom stereocenters. The van der Waals surface area contributed by atoms with Crippen molar-refractivity contribution >= 4 is 0 Å². The van der Waals surface area contributed by atoms with Crippen molar-refractivity contribution in [3.05, 3.63) is 94.4 Å². The number of fused-ring (bicyclic) bond motifs is 3. The van der Waals surface area contributed by atoms with Crippen LogP contribution in [0, 0.1) is 0 Å². The molecule has 1 aromatic carbocycles. The Bertz CT molecular complexity index is 952. The van der Waals surface area contributed by atoms with Crippen molar-refractivity contribution < 1.29 is 14.2 Å². The van der Waals surface area contributed by atoms with Crippen LogP contribution in [0.1, 0.15) is 38.3 Å². The molecule has 0 saturated carbocycles. The van der Waals surface area contributed by atoms with E-state index in [2.05, 4.69) is 37.3 Å². The summed E-state index contributed by atoms with van der Waals surface area (Å²) in [6.45, 7) is 6.10. The van der Waals surface area contributed by atoms with Crippen molar-refractivity contribution in [2.45, 2.75) is 40.0 Å². The number of hydrogen-bond donors (Lipinski definition) is 0. The molecule has 3 heterocycles. The molecule has 0 fully saturated rings. The molecule has 0 amide bonds. The molecule has 3 aliphatic rings. The average Bonchev–Trinajstić information content (AvgIpc) is 2.85. The number of benzene rings is 1. The number of rotatable bonds is 2. The van der Waals surface area contributed by atoms with Crippen LogP contribution in [-0.2, 0) is 17.6 Å². The zero-order valence-corrected chi connectivity index (χ0v) is 16.0. The second-order valence-corrected chi connectivity index (χ2v) is 6.86. The lowest BCUT2D eigenvalue weighted by molar-refractivity contribution is 0.347. The third-order valence-corrected chi connectivity index (χ3v) is 4.82. The lowest BCUT2D eigenvalue weighted by atomic mass is 9.93. The maximum atomic E-state index is 6.35. The number of ether oxygens (including phenoxy) is 3. The SMILES string of the molecule is C\C=C/C=C1/Cc2ccc3c(c2O/C1=C/CC)OC1=C(C=C(C)OC=C1)C3. The van der Waals surface area contributed by atoms with Crippen molar-refractivity contribution in [2.75, 3.05) is 0 Å². The molecule has 0 aromatic heterocycles. The predicted octanol–water partition coefficient (Wildman–Crippen LogP) is 6.05. The van der Waals surface area contributed by atoms with Crippen LogP contribution in [0.15, 0.2) is 83.3 Å². The Balaban J connectivity index is 1.76. The van der Waals surface area contributed by atoms with E-state index in [1.807, 2.05) is 32.1 Å². The van der Waals surface area contributed by atoms with Crippen molar-refractivity contribution in [3.63, 3.8) is 0 Å². The second kappa shape index (κ2) is 7.36. The van der Waals surface area contributed by atoms with Crippen LogP contribution in [0.2, 0.25) is 0 Å². The van der Waals surface area contributed by atoms with Crippen LogP contribution < -0.4 is 9.47 Å². The summed E-state index contributed by atoms with van der Waals surface area (Å²) < 4.78 is 18.2. The minimum atomic E-state index is 0.806. The minimum absolute atomic E-state index is 0.806. The highest BCUT2D eigenvalue weighted by molar-refractivity contribution is 5.61. The van der Waals surface area contributed by atoms with Crippen molar-refractivity contribution in [1.82, 2.24) is 0 Å². The van der Waals surface area contributed by atoms with Gasteiger partial charge < -0.3 is 14.2 Å². The highest BCUT2D eigenvalue weighted by Gasteiger charge is 2.28. The Morgan fingerprint density at radius 3 is 2.63 bits per heavy atom. The summed E-state index contributed by atoms with van der Waals surface area (Å²) in [4.78, 5) is 0. The second-order valence-electron chi connectivity index (χ2n) is 6.86. The molecular weight excluding hydrogens is 336 g/mol. The van der Waals surface area contributed by atoms with Crippen molar-refractivity contribution in [1.29, 1.82) is 0 Å². The molecule has 3 aliphatic heterocycles. The summed E-state index contributed by atoms with van der Waals surface area (Å²) in [6, 6.07) is 4.32.